The summed E-state index contributed by atoms with van der Waals surface area (Å²) in [4.78, 5) is 35.1. The first-order chi connectivity index (χ1) is 33.8. The fourth-order valence-electron chi connectivity index (χ4n) is 6.92. The maximum Gasteiger partial charge on any atom is 0.472 e. The Morgan fingerprint density at radius 1 is 0.435 bits per heavy atom. The molecule has 0 rings (SSSR count). The summed E-state index contributed by atoms with van der Waals surface area (Å²) in [5.41, 5.74) is 5.37. The average molecular weight is 980 g/mol. The Balaban J connectivity index is 4.09. The van der Waals surface area contributed by atoms with Crippen LogP contribution in [0.2, 0.25) is 0 Å². The Kier molecular flexibility index (Phi) is 51.0. The van der Waals surface area contributed by atoms with Gasteiger partial charge < -0.3 is 20.1 Å². The van der Waals surface area contributed by atoms with Gasteiger partial charge in [-0.1, -0.05) is 212 Å². The summed E-state index contributed by atoms with van der Waals surface area (Å²) in [6, 6.07) is 0. The summed E-state index contributed by atoms with van der Waals surface area (Å²) < 4.78 is 33.0. The van der Waals surface area contributed by atoms with Crippen LogP contribution < -0.4 is 5.73 Å². The summed E-state index contributed by atoms with van der Waals surface area (Å²) in [7, 11) is -4.40. The predicted molar refractivity (Wildman–Crippen MR) is 293 cm³/mol. The number of phosphoric acid groups is 1. The van der Waals surface area contributed by atoms with Crippen molar-refractivity contribution in [3.05, 3.63) is 122 Å². The van der Waals surface area contributed by atoms with Crippen LogP contribution in [0.15, 0.2) is 122 Å². The van der Waals surface area contributed by atoms with Crippen molar-refractivity contribution in [2.75, 3.05) is 26.4 Å². The highest BCUT2D eigenvalue weighted by atomic mass is 31.2. The number of hydrogen-bond acceptors (Lipinski definition) is 8. The van der Waals surface area contributed by atoms with Crippen molar-refractivity contribution >= 4 is 19.8 Å². The zero-order valence-corrected chi connectivity index (χ0v) is 44.4. The van der Waals surface area contributed by atoms with E-state index in [4.69, 9.17) is 24.3 Å². The van der Waals surface area contributed by atoms with Gasteiger partial charge in [0.2, 0.25) is 0 Å². The molecule has 0 aliphatic rings. The Labute approximate surface area is 421 Å². The van der Waals surface area contributed by atoms with E-state index in [0.717, 1.165) is 116 Å². The van der Waals surface area contributed by atoms with Crippen LogP contribution in [0.3, 0.4) is 0 Å². The topological polar surface area (TPSA) is 134 Å². The third-order valence-electron chi connectivity index (χ3n) is 10.8. The Bertz CT molecular complexity index is 1540. The second-order valence-electron chi connectivity index (χ2n) is 17.3. The van der Waals surface area contributed by atoms with E-state index in [1.165, 1.54) is 51.4 Å². The molecule has 10 heteroatoms. The highest BCUT2D eigenvalue weighted by Gasteiger charge is 2.26. The van der Waals surface area contributed by atoms with E-state index < -0.39 is 32.5 Å². The van der Waals surface area contributed by atoms with Gasteiger partial charge in [-0.3, -0.25) is 18.6 Å². The van der Waals surface area contributed by atoms with Gasteiger partial charge in [0.05, 0.1) is 13.2 Å². The van der Waals surface area contributed by atoms with Crippen LogP contribution in [-0.4, -0.2) is 49.3 Å². The van der Waals surface area contributed by atoms with E-state index in [1.807, 2.05) is 0 Å². The minimum atomic E-state index is -4.40. The van der Waals surface area contributed by atoms with Crippen LogP contribution in [0, 0.1) is 0 Å². The first-order valence-corrected chi connectivity index (χ1v) is 28.5. The fraction of sp³-hybridized carbons (Fsp3) is 0.627. The highest BCUT2D eigenvalue weighted by Crippen LogP contribution is 2.43. The first-order valence-electron chi connectivity index (χ1n) is 27.0. The number of carbonyl (C=O) groups excluding carboxylic acids is 2. The van der Waals surface area contributed by atoms with Crippen molar-refractivity contribution < 1.29 is 37.6 Å². The van der Waals surface area contributed by atoms with Crippen molar-refractivity contribution in [1.29, 1.82) is 0 Å². The predicted octanol–water partition coefficient (Wildman–Crippen LogP) is 16.8. The number of allylic oxidation sites excluding steroid dienone is 20. The largest absolute Gasteiger partial charge is 0.472 e. The number of phosphoric ester groups is 1. The summed E-state index contributed by atoms with van der Waals surface area (Å²) in [6.45, 7) is 3.48. The quantitative estimate of drug-likeness (QED) is 0.0264. The van der Waals surface area contributed by atoms with Gasteiger partial charge in [0.15, 0.2) is 6.10 Å². The van der Waals surface area contributed by atoms with E-state index >= 15 is 0 Å². The molecule has 0 saturated heterocycles. The molecule has 392 valence electrons. The second-order valence-corrected chi connectivity index (χ2v) is 18.8. The van der Waals surface area contributed by atoms with Crippen molar-refractivity contribution in [3.8, 4) is 0 Å². The molecular weight excluding hydrogens is 882 g/mol. The molecule has 0 amide bonds. The van der Waals surface area contributed by atoms with Crippen molar-refractivity contribution in [2.45, 2.75) is 213 Å². The third kappa shape index (κ3) is 53.6. The number of nitrogens with two attached hydrogens (primary N) is 1. The molecular formula is C59H98NO8P. The van der Waals surface area contributed by atoms with Crippen LogP contribution in [0.1, 0.15) is 206 Å². The number of esters is 2. The van der Waals surface area contributed by atoms with E-state index in [9.17, 15) is 19.0 Å². The highest BCUT2D eigenvalue weighted by molar-refractivity contribution is 7.47. The minimum absolute atomic E-state index is 0.0439. The molecule has 0 spiro atoms. The number of rotatable bonds is 49. The monoisotopic (exact) mass is 980 g/mol. The van der Waals surface area contributed by atoms with Crippen LogP contribution in [0.5, 0.6) is 0 Å². The lowest BCUT2D eigenvalue weighted by Gasteiger charge is -2.19. The number of carbonyl (C=O) groups is 2. The number of unbranched alkanes of at least 4 members (excludes halogenated alkanes) is 16. The minimum Gasteiger partial charge on any atom is -0.462 e. The molecule has 2 atom stereocenters. The van der Waals surface area contributed by atoms with Crippen LogP contribution in [0.4, 0.5) is 0 Å². The summed E-state index contributed by atoms with van der Waals surface area (Å²) in [5.74, 6) is -0.855. The van der Waals surface area contributed by atoms with Crippen LogP contribution in [-0.2, 0) is 32.7 Å². The number of ether oxygens (including phenoxy) is 2. The molecule has 69 heavy (non-hydrogen) atoms. The Morgan fingerprint density at radius 2 is 0.754 bits per heavy atom. The maximum absolute atomic E-state index is 12.7. The fourth-order valence-corrected chi connectivity index (χ4v) is 7.69. The van der Waals surface area contributed by atoms with Gasteiger partial charge in [-0.25, -0.2) is 4.57 Å². The van der Waals surface area contributed by atoms with E-state index in [1.54, 1.807) is 0 Å². The van der Waals surface area contributed by atoms with Gasteiger partial charge in [0.1, 0.15) is 6.61 Å². The van der Waals surface area contributed by atoms with Crippen molar-refractivity contribution in [2.24, 2.45) is 5.73 Å². The zero-order chi connectivity index (χ0) is 50.2. The van der Waals surface area contributed by atoms with Crippen molar-refractivity contribution in [1.82, 2.24) is 0 Å². The van der Waals surface area contributed by atoms with Crippen molar-refractivity contribution in [3.63, 3.8) is 0 Å². The molecule has 0 radical (unpaired) electrons. The molecule has 0 aliphatic carbocycles. The van der Waals surface area contributed by atoms with E-state index in [-0.39, 0.29) is 32.6 Å². The normalized spacial score (nSPS) is 14.1. The van der Waals surface area contributed by atoms with E-state index in [2.05, 4.69) is 135 Å². The molecule has 3 N–H and O–H groups in total. The third-order valence-corrected chi connectivity index (χ3v) is 11.8. The lowest BCUT2D eigenvalue weighted by molar-refractivity contribution is -0.161. The van der Waals surface area contributed by atoms with Gasteiger partial charge >= 0.3 is 19.8 Å². The first kappa shape index (κ1) is 65.4. The maximum atomic E-state index is 12.7. The Morgan fingerprint density at radius 3 is 1.12 bits per heavy atom. The lowest BCUT2D eigenvalue weighted by Crippen LogP contribution is -2.29. The standard InChI is InChI=1S/C59H98NO8P/c1-3-5-7-9-11-13-15-17-19-21-23-25-26-27-28-29-30-32-34-36-38-40-42-44-46-48-50-52-59(62)68-57(56-67-69(63,64)66-54-53-60)55-65-58(61)51-49-47-45-43-41-39-37-35-33-31-24-22-20-18-16-14-12-10-8-6-4-2/h5-8,11-14,17-20,23-25,27-28,30-32,57H,3-4,9-10,15-16,21-22,26,29,33-56,60H2,1-2H3,(H,63,64)/b7-5-,8-6-,13-11-,14-12-,19-17-,20-18-,25-23-,28-27-,31-24-,32-30-. The van der Waals surface area contributed by atoms with E-state index in [0.29, 0.717) is 12.8 Å². The molecule has 0 aromatic rings. The molecule has 0 aliphatic heterocycles. The molecule has 0 heterocycles. The summed E-state index contributed by atoms with van der Waals surface area (Å²) >= 11 is 0. The molecule has 0 saturated carbocycles. The molecule has 0 bridgehead atoms. The average Bonchev–Trinajstić information content (AvgIpc) is 3.34. The van der Waals surface area contributed by atoms with Gasteiger partial charge in [0.25, 0.3) is 0 Å². The Hall–Kier alpha value is -3.59. The zero-order valence-electron chi connectivity index (χ0n) is 43.5. The smallest absolute Gasteiger partial charge is 0.462 e. The molecule has 0 aromatic heterocycles. The SMILES string of the molecule is CC/C=C\C/C=C\C/C=C\C/C=C\C/C=C\C/C=C\CCCCCCCCCCC(=O)OC(COC(=O)CCCCCCCCCC/C=C\C/C=C\C/C=C\C/C=C\CC)COP(=O)(O)OCCN. The van der Waals surface area contributed by atoms with Crippen LogP contribution >= 0.6 is 7.82 Å². The summed E-state index contributed by atoms with van der Waals surface area (Å²) in [5, 5.41) is 0. The van der Waals surface area contributed by atoms with Gasteiger partial charge in [0, 0.05) is 19.4 Å². The molecule has 0 aromatic carbocycles. The lowest BCUT2D eigenvalue weighted by atomic mass is 10.1. The molecule has 0 fully saturated rings. The van der Waals surface area contributed by atoms with Crippen LogP contribution in [0.25, 0.3) is 0 Å². The number of hydrogen-bond donors (Lipinski definition) is 2. The van der Waals surface area contributed by atoms with Gasteiger partial charge in [-0.15, -0.1) is 0 Å². The van der Waals surface area contributed by atoms with Gasteiger partial charge in [-0.05, 0) is 103 Å². The molecule has 9 nitrogen and oxygen atoms in total. The van der Waals surface area contributed by atoms with Gasteiger partial charge in [-0.2, -0.15) is 0 Å². The second kappa shape index (κ2) is 53.8. The molecule has 2 unspecified atom stereocenters. The summed E-state index contributed by atoms with van der Waals surface area (Å²) in [6.07, 6.45) is 73.8.